The van der Waals surface area contributed by atoms with Gasteiger partial charge in [-0.15, -0.1) is 0 Å². The Morgan fingerprint density at radius 3 is 2.61 bits per heavy atom. The molecule has 0 bridgehead atoms. The maximum Gasteiger partial charge on any atom is 0.317 e. The molecule has 1 atom stereocenters. The van der Waals surface area contributed by atoms with Gasteiger partial charge in [-0.25, -0.2) is 4.39 Å². The number of hydrogen-bond donors (Lipinski definition) is 0. The molecule has 0 aromatic heterocycles. The second-order valence-electron chi connectivity index (χ2n) is 5.42. The number of esters is 1. The minimum absolute atomic E-state index is 0.0930. The molecule has 96 valence electrons. The van der Waals surface area contributed by atoms with Crippen LogP contribution in [0.5, 0.6) is 0 Å². The van der Waals surface area contributed by atoms with Gasteiger partial charge in [-0.2, -0.15) is 0 Å². The van der Waals surface area contributed by atoms with Crippen LogP contribution in [0, 0.1) is 11.7 Å². The van der Waals surface area contributed by atoms with Crippen molar-refractivity contribution >= 4 is 11.8 Å². The Balaban J connectivity index is 2.24. The van der Waals surface area contributed by atoms with Crippen LogP contribution in [0.3, 0.4) is 0 Å². The lowest BCUT2D eigenvalue weighted by Gasteiger charge is -2.21. The first-order chi connectivity index (χ1) is 8.29. The van der Waals surface area contributed by atoms with Crippen molar-refractivity contribution in [3.63, 3.8) is 0 Å². The van der Waals surface area contributed by atoms with Gasteiger partial charge in [0.25, 0.3) is 0 Å². The minimum Gasteiger partial charge on any atom is -0.459 e. The number of benzene rings is 1. The van der Waals surface area contributed by atoms with Crippen LogP contribution in [-0.2, 0) is 16.0 Å². The maximum atomic E-state index is 13.5. The van der Waals surface area contributed by atoms with Gasteiger partial charge in [0.2, 0.25) is 0 Å². The van der Waals surface area contributed by atoms with Gasteiger partial charge >= 0.3 is 5.97 Å². The van der Waals surface area contributed by atoms with E-state index < -0.39 is 23.3 Å². The first-order valence-corrected chi connectivity index (χ1v) is 5.84. The molecule has 0 fully saturated rings. The molecule has 18 heavy (non-hydrogen) atoms. The number of hydrogen-bond acceptors (Lipinski definition) is 3. The van der Waals surface area contributed by atoms with Crippen LogP contribution in [-0.4, -0.2) is 17.4 Å². The Morgan fingerprint density at radius 2 is 2.06 bits per heavy atom. The quantitative estimate of drug-likeness (QED) is 0.568. The Bertz CT molecular complexity index is 514. The third-order valence-corrected chi connectivity index (χ3v) is 2.80. The van der Waals surface area contributed by atoms with Crippen LogP contribution in [0.4, 0.5) is 4.39 Å². The third-order valence-electron chi connectivity index (χ3n) is 2.80. The summed E-state index contributed by atoms with van der Waals surface area (Å²) in [7, 11) is 0. The van der Waals surface area contributed by atoms with Crippen LogP contribution in [0.2, 0.25) is 0 Å². The highest BCUT2D eigenvalue weighted by molar-refractivity contribution is 6.12. The van der Waals surface area contributed by atoms with Crippen molar-refractivity contribution in [1.29, 1.82) is 0 Å². The van der Waals surface area contributed by atoms with E-state index in [0.717, 1.165) is 0 Å². The highest BCUT2D eigenvalue weighted by Crippen LogP contribution is 2.30. The molecule has 4 heteroatoms. The van der Waals surface area contributed by atoms with Gasteiger partial charge in [0.05, 0.1) is 0 Å². The number of fused-ring (bicyclic) bond motifs is 1. The summed E-state index contributed by atoms with van der Waals surface area (Å²) in [5, 5.41) is 0. The molecular formula is C14H15FO3. The number of rotatable bonds is 1. The molecule has 2 rings (SSSR count). The summed E-state index contributed by atoms with van der Waals surface area (Å²) in [6.45, 7) is 5.20. The van der Waals surface area contributed by atoms with E-state index in [0.29, 0.717) is 11.1 Å². The Morgan fingerprint density at radius 1 is 1.39 bits per heavy atom. The summed E-state index contributed by atoms with van der Waals surface area (Å²) < 4.78 is 18.7. The summed E-state index contributed by atoms with van der Waals surface area (Å²) in [6, 6.07) is 4.32. The van der Waals surface area contributed by atoms with E-state index in [1.54, 1.807) is 26.8 Å². The van der Waals surface area contributed by atoms with Gasteiger partial charge in [-0.1, -0.05) is 12.1 Å². The van der Waals surface area contributed by atoms with Crippen LogP contribution in [0.1, 0.15) is 36.7 Å². The topological polar surface area (TPSA) is 43.4 Å². The SMILES string of the molecule is CC(C)(C)OC(=O)C1Cc2c(F)cccc2C1=O. The zero-order valence-corrected chi connectivity index (χ0v) is 10.6. The number of ketones is 1. The predicted octanol–water partition coefficient (Wildman–Crippen LogP) is 2.52. The fourth-order valence-corrected chi connectivity index (χ4v) is 2.04. The van der Waals surface area contributed by atoms with E-state index in [2.05, 4.69) is 0 Å². The van der Waals surface area contributed by atoms with E-state index >= 15 is 0 Å². The number of carbonyl (C=O) groups is 2. The molecule has 0 amide bonds. The molecule has 0 saturated carbocycles. The average Bonchev–Trinajstić information content (AvgIpc) is 2.56. The second-order valence-corrected chi connectivity index (χ2v) is 5.42. The summed E-state index contributed by atoms with van der Waals surface area (Å²) >= 11 is 0. The van der Waals surface area contributed by atoms with Crippen molar-refractivity contribution < 1.29 is 18.7 Å². The zero-order valence-electron chi connectivity index (χ0n) is 10.6. The Kier molecular flexibility index (Phi) is 2.97. The first-order valence-electron chi connectivity index (χ1n) is 5.84. The molecular weight excluding hydrogens is 235 g/mol. The molecule has 0 heterocycles. The Labute approximate surface area is 105 Å². The van der Waals surface area contributed by atoms with Gasteiger partial charge < -0.3 is 4.74 Å². The van der Waals surface area contributed by atoms with E-state index in [-0.39, 0.29) is 12.2 Å². The fourth-order valence-electron chi connectivity index (χ4n) is 2.04. The van der Waals surface area contributed by atoms with Crippen molar-refractivity contribution in [3.05, 3.63) is 35.1 Å². The molecule has 0 saturated heterocycles. The molecule has 1 aromatic carbocycles. The normalized spacial score (nSPS) is 18.7. The summed E-state index contributed by atoms with van der Waals surface area (Å²) in [5.74, 6) is -2.27. The number of carbonyl (C=O) groups excluding carboxylic acids is 2. The van der Waals surface area contributed by atoms with Crippen molar-refractivity contribution in [2.75, 3.05) is 0 Å². The molecule has 1 aromatic rings. The highest BCUT2D eigenvalue weighted by Gasteiger charge is 2.39. The maximum absolute atomic E-state index is 13.5. The van der Waals surface area contributed by atoms with Crippen LogP contribution in [0.15, 0.2) is 18.2 Å². The lowest BCUT2D eigenvalue weighted by atomic mass is 10.1. The van der Waals surface area contributed by atoms with E-state index in [1.807, 2.05) is 0 Å². The zero-order chi connectivity index (χ0) is 13.5. The lowest BCUT2D eigenvalue weighted by molar-refractivity contribution is -0.157. The number of halogens is 1. The summed E-state index contributed by atoms with van der Waals surface area (Å²) in [5.41, 5.74) is -0.0331. The third kappa shape index (κ3) is 2.28. The first kappa shape index (κ1) is 12.7. The van der Waals surface area contributed by atoms with Crippen LogP contribution < -0.4 is 0 Å². The fraction of sp³-hybridized carbons (Fsp3) is 0.429. The number of ether oxygens (including phenoxy) is 1. The van der Waals surface area contributed by atoms with E-state index in [9.17, 15) is 14.0 Å². The summed E-state index contributed by atoms with van der Waals surface area (Å²) in [6.07, 6.45) is 0.0930. The van der Waals surface area contributed by atoms with Gasteiger partial charge in [0.15, 0.2) is 5.78 Å². The average molecular weight is 250 g/mol. The smallest absolute Gasteiger partial charge is 0.317 e. The van der Waals surface area contributed by atoms with E-state index in [4.69, 9.17) is 4.74 Å². The molecule has 0 aliphatic heterocycles. The van der Waals surface area contributed by atoms with Gasteiger partial charge in [-0.05, 0) is 38.8 Å². The Hall–Kier alpha value is -1.71. The summed E-state index contributed by atoms with van der Waals surface area (Å²) in [4.78, 5) is 23.9. The monoisotopic (exact) mass is 250 g/mol. The minimum atomic E-state index is -0.906. The van der Waals surface area contributed by atoms with Crippen molar-refractivity contribution in [1.82, 2.24) is 0 Å². The van der Waals surface area contributed by atoms with Crippen molar-refractivity contribution in [2.24, 2.45) is 5.92 Å². The predicted molar refractivity (Wildman–Crippen MR) is 63.8 cm³/mol. The second kappa shape index (κ2) is 4.19. The van der Waals surface area contributed by atoms with E-state index in [1.165, 1.54) is 12.1 Å². The van der Waals surface area contributed by atoms with Crippen molar-refractivity contribution in [2.45, 2.75) is 32.8 Å². The van der Waals surface area contributed by atoms with Gasteiger partial charge in [0.1, 0.15) is 17.3 Å². The molecule has 1 aliphatic carbocycles. The van der Waals surface area contributed by atoms with Crippen LogP contribution >= 0.6 is 0 Å². The highest BCUT2D eigenvalue weighted by atomic mass is 19.1. The molecule has 3 nitrogen and oxygen atoms in total. The van der Waals surface area contributed by atoms with Gasteiger partial charge in [-0.3, -0.25) is 9.59 Å². The molecule has 1 unspecified atom stereocenters. The van der Waals surface area contributed by atoms with Crippen molar-refractivity contribution in [3.8, 4) is 0 Å². The number of Topliss-reactive ketones (excluding diaryl/α,β-unsaturated/α-hetero) is 1. The molecule has 1 aliphatic rings. The largest absolute Gasteiger partial charge is 0.459 e. The van der Waals surface area contributed by atoms with Crippen LogP contribution in [0.25, 0.3) is 0 Å². The molecule has 0 N–H and O–H groups in total. The molecule has 0 radical (unpaired) electrons. The standard InChI is InChI=1S/C14H15FO3/c1-14(2,3)18-13(17)10-7-9-8(12(10)16)5-4-6-11(9)15/h4-6,10H,7H2,1-3H3. The van der Waals surface area contributed by atoms with Gasteiger partial charge in [0, 0.05) is 5.56 Å². The molecule has 0 spiro atoms. The lowest BCUT2D eigenvalue weighted by Crippen LogP contribution is -2.31.